The van der Waals surface area contributed by atoms with E-state index in [-0.39, 0.29) is 6.04 Å². The topological polar surface area (TPSA) is 56.3 Å². The summed E-state index contributed by atoms with van der Waals surface area (Å²) in [5.74, 6) is 0.969. The third kappa shape index (κ3) is 2.62. The van der Waals surface area contributed by atoms with Crippen LogP contribution in [0, 0.1) is 0 Å². The summed E-state index contributed by atoms with van der Waals surface area (Å²) in [6, 6.07) is 16.0. The van der Waals surface area contributed by atoms with Crippen molar-refractivity contribution >= 4 is 22.6 Å². The lowest BCUT2D eigenvalue weighted by Crippen LogP contribution is -2.54. The maximum atomic E-state index is 5.89. The normalized spacial score (nSPS) is 12.7. The van der Waals surface area contributed by atoms with Gasteiger partial charge in [-0.05, 0) is 24.3 Å². The second kappa shape index (κ2) is 5.03. The van der Waals surface area contributed by atoms with Gasteiger partial charge in [0.15, 0.2) is 0 Å². The molecule has 1 atom stereocenters. The van der Waals surface area contributed by atoms with Gasteiger partial charge in [0.25, 0.3) is 0 Å². The van der Waals surface area contributed by atoms with Gasteiger partial charge in [-0.1, -0.05) is 35.9 Å². The molecule has 0 fully saturated rings. The lowest BCUT2D eigenvalue weighted by atomic mass is 10.0. The van der Waals surface area contributed by atoms with Crippen LogP contribution in [0.2, 0.25) is 5.02 Å². The summed E-state index contributed by atoms with van der Waals surface area (Å²) >= 11 is 5.89. The molecule has 4 N–H and O–H groups in total. The number of halogens is 1. The van der Waals surface area contributed by atoms with Gasteiger partial charge in [-0.2, -0.15) is 0 Å². The number of hydrogen-bond acceptors (Lipinski definition) is 1. The quantitative estimate of drug-likeness (QED) is 0.757. The van der Waals surface area contributed by atoms with E-state index in [0.29, 0.717) is 0 Å². The van der Waals surface area contributed by atoms with Crippen LogP contribution in [0.15, 0.2) is 48.5 Å². The standard InChI is InChI=1S/C15H14ClN3/c16-11-7-5-10(6-8-11)12(17)9-15-18-13-3-1-2-4-14(13)19-15/h1-8,12H,9,17H2,(H,18,19)/p+1/t12-/m1/s1. The highest BCUT2D eigenvalue weighted by molar-refractivity contribution is 6.30. The van der Waals surface area contributed by atoms with Crippen LogP contribution in [-0.2, 0) is 6.42 Å². The minimum atomic E-state index is 0.165. The van der Waals surface area contributed by atoms with Gasteiger partial charge in [0.2, 0.25) is 0 Å². The monoisotopic (exact) mass is 272 g/mol. The summed E-state index contributed by atoms with van der Waals surface area (Å²) in [6.45, 7) is 0. The molecule has 4 heteroatoms. The van der Waals surface area contributed by atoms with Crippen molar-refractivity contribution in [3.8, 4) is 0 Å². The molecule has 0 spiro atoms. The zero-order chi connectivity index (χ0) is 13.2. The van der Waals surface area contributed by atoms with Crippen LogP contribution >= 0.6 is 11.6 Å². The number of rotatable bonds is 3. The Kier molecular flexibility index (Phi) is 3.23. The summed E-state index contributed by atoms with van der Waals surface area (Å²) < 4.78 is 0. The molecule has 3 aromatic rings. The molecular weight excluding hydrogens is 258 g/mol. The number of imidazole rings is 1. The third-order valence-corrected chi connectivity index (χ3v) is 3.47. The zero-order valence-corrected chi connectivity index (χ0v) is 11.2. The van der Waals surface area contributed by atoms with Gasteiger partial charge >= 0.3 is 0 Å². The molecule has 0 bridgehead atoms. The van der Waals surface area contributed by atoms with E-state index in [9.17, 15) is 0 Å². The summed E-state index contributed by atoms with van der Waals surface area (Å²) in [6.07, 6.45) is 0.788. The number of benzene rings is 2. The molecule has 1 heterocycles. The van der Waals surface area contributed by atoms with Gasteiger partial charge in [0.05, 0.1) is 17.5 Å². The van der Waals surface area contributed by atoms with Crippen molar-refractivity contribution in [3.05, 3.63) is 64.9 Å². The lowest BCUT2D eigenvalue weighted by Gasteiger charge is -2.06. The first kappa shape index (κ1) is 12.2. The lowest BCUT2D eigenvalue weighted by molar-refractivity contribution is -0.426. The SMILES string of the molecule is [NH3+][C@H](Cc1nc2ccccc2[nH]1)c1ccc(Cl)cc1. The molecule has 0 aliphatic carbocycles. The van der Waals surface area contributed by atoms with Gasteiger partial charge in [-0.25, -0.2) is 4.98 Å². The van der Waals surface area contributed by atoms with Gasteiger partial charge in [-0.3, -0.25) is 0 Å². The minimum Gasteiger partial charge on any atom is -0.351 e. The predicted molar refractivity (Wildman–Crippen MR) is 76.9 cm³/mol. The molecule has 19 heavy (non-hydrogen) atoms. The summed E-state index contributed by atoms with van der Waals surface area (Å²) in [4.78, 5) is 7.90. The summed E-state index contributed by atoms with van der Waals surface area (Å²) in [7, 11) is 0. The van der Waals surface area contributed by atoms with Crippen LogP contribution in [-0.4, -0.2) is 9.97 Å². The highest BCUT2D eigenvalue weighted by Gasteiger charge is 2.13. The summed E-state index contributed by atoms with van der Waals surface area (Å²) in [5.41, 5.74) is 7.44. The van der Waals surface area contributed by atoms with Crippen LogP contribution in [0.4, 0.5) is 0 Å². The van der Waals surface area contributed by atoms with Crippen LogP contribution in [0.5, 0.6) is 0 Å². The van der Waals surface area contributed by atoms with Crippen molar-refractivity contribution in [2.45, 2.75) is 12.5 Å². The predicted octanol–water partition coefficient (Wildman–Crippen LogP) is 2.74. The molecule has 0 aliphatic heterocycles. The van der Waals surface area contributed by atoms with E-state index in [0.717, 1.165) is 28.3 Å². The molecule has 1 aromatic heterocycles. The van der Waals surface area contributed by atoms with E-state index >= 15 is 0 Å². The highest BCUT2D eigenvalue weighted by atomic mass is 35.5. The Morgan fingerprint density at radius 1 is 1.11 bits per heavy atom. The second-order valence-corrected chi connectivity index (χ2v) is 5.09. The number of hydrogen-bond donors (Lipinski definition) is 2. The number of aromatic amines is 1. The van der Waals surface area contributed by atoms with Crippen molar-refractivity contribution < 1.29 is 5.73 Å². The number of nitrogens with zero attached hydrogens (tertiary/aromatic N) is 1. The first-order valence-electron chi connectivity index (χ1n) is 6.24. The molecule has 0 aliphatic rings. The van der Waals surface area contributed by atoms with Gasteiger partial charge in [0.1, 0.15) is 11.9 Å². The Bertz CT molecular complexity index is 655. The van der Waals surface area contributed by atoms with Crippen molar-refractivity contribution in [2.24, 2.45) is 0 Å². The van der Waals surface area contributed by atoms with E-state index in [2.05, 4.69) is 15.7 Å². The van der Waals surface area contributed by atoms with E-state index in [1.54, 1.807) is 0 Å². The average molecular weight is 273 g/mol. The fourth-order valence-electron chi connectivity index (χ4n) is 2.19. The molecule has 0 saturated heterocycles. The Labute approximate surface area is 116 Å². The molecule has 0 radical (unpaired) electrons. The van der Waals surface area contributed by atoms with Crippen LogP contribution < -0.4 is 5.73 Å². The molecule has 3 nitrogen and oxygen atoms in total. The van der Waals surface area contributed by atoms with E-state index < -0.39 is 0 Å². The third-order valence-electron chi connectivity index (χ3n) is 3.22. The Morgan fingerprint density at radius 2 is 1.84 bits per heavy atom. The largest absolute Gasteiger partial charge is 0.351 e. The average Bonchev–Trinajstić information content (AvgIpc) is 2.81. The molecule has 3 rings (SSSR count). The Morgan fingerprint density at radius 3 is 2.58 bits per heavy atom. The van der Waals surface area contributed by atoms with Gasteiger partial charge in [0, 0.05) is 10.6 Å². The van der Waals surface area contributed by atoms with Crippen LogP contribution in [0.1, 0.15) is 17.4 Å². The number of nitrogens with one attached hydrogen (secondary N) is 1. The highest BCUT2D eigenvalue weighted by Crippen LogP contribution is 2.18. The maximum absolute atomic E-state index is 5.89. The maximum Gasteiger partial charge on any atom is 0.117 e. The van der Waals surface area contributed by atoms with Crippen molar-refractivity contribution in [3.63, 3.8) is 0 Å². The van der Waals surface area contributed by atoms with Crippen LogP contribution in [0.25, 0.3) is 11.0 Å². The molecular formula is C15H15ClN3+. The number of para-hydroxylation sites is 2. The van der Waals surface area contributed by atoms with Crippen LogP contribution in [0.3, 0.4) is 0 Å². The molecule has 2 aromatic carbocycles. The zero-order valence-electron chi connectivity index (χ0n) is 10.4. The molecule has 0 amide bonds. The first-order valence-corrected chi connectivity index (χ1v) is 6.62. The fraction of sp³-hybridized carbons (Fsp3) is 0.133. The second-order valence-electron chi connectivity index (χ2n) is 4.65. The van der Waals surface area contributed by atoms with Gasteiger partial charge in [-0.15, -0.1) is 0 Å². The van der Waals surface area contributed by atoms with Crippen molar-refractivity contribution in [2.75, 3.05) is 0 Å². The van der Waals surface area contributed by atoms with E-state index in [1.165, 1.54) is 5.56 Å². The van der Waals surface area contributed by atoms with Crippen molar-refractivity contribution in [1.82, 2.24) is 9.97 Å². The number of aromatic nitrogens is 2. The summed E-state index contributed by atoms with van der Waals surface area (Å²) in [5, 5.41) is 0.750. The first-order chi connectivity index (χ1) is 9.22. The van der Waals surface area contributed by atoms with Gasteiger partial charge < -0.3 is 10.7 Å². The Balaban J connectivity index is 1.82. The molecule has 0 unspecified atom stereocenters. The number of fused-ring (bicyclic) bond motifs is 1. The van der Waals surface area contributed by atoms with Crippen molar-refractivity contribution in [1.29, 1.82) is 0 Å². The number of H-pyrrole nitrogens is 1. The number of quaternary nitrogens is 1. The van der Waals surface area contributed by atoms with E-state index in [1.807, 2.05) is 48.5 Å². The smallest absolute Gasteiger partial charge is 0.117 e. The fourth-order valence-corrected chi connectivity index (χ4v) is 2.31. The molecule has 0 saturated carbocycles. The minimum absolute atomic E-state index is 0.165. The molecule has 96 valence electrons. The Hall–Kier alpha value is -1.84. The van der Waals surface area contributed by atoms with E-state index in [4.69, 9.17) is 11.6 Å².